The summed E-state index contributed by atoms with van der Waals surface area (Å²) >= 11 is 0. The molecule has 5 heteroatoms. The van der Waals surface area contributed by atoms with Gasteiger partial charge in [-0.05, 0) is 83.5 Å². The molecule has 0 aromatic heterocycles. The summed E-state index contributed by atoms with van der Waals surface area (Å²) in [6.07, 6.45) is 86.3. The van der Waals surface area contributed by atoms with E-state index in [9.17, 15) is 14.7 Å². The van der Waals surface area contributed by atoms with Gasteiger partial charge in [0.1, 0.15) is 6.61 Å². The van der Waals surface area contributed by atoms with E-state index in [0.717, 1.165) is 103 Å². The van der Waals surface area contributed by atoms with Crippen LogP contribution in [0.2, 0.25) is 0 Å². The third kappa shape index (κ3) is 57.1. The van der Waals surface area contributed by atoms with Crippen molar-refractivity contribution < 1.29 is 24.2 Å². The van der Waals surface area contributed by atoms with E-state index in [4.69, 9.17) is 9.47 Å². The Morgan fingerprint density at radius 1 is 0.343 bits per heavy atom. The molecule has 70 heavy (non-hydrogen) atoms. The molecule has 0 fully saturated rings. The third-order valence-electron chi connectivity index (χ3n) is 12.6. The molecule has 1 unspecified atom stereocenters. The minimum atomic E-state index is -0.780. The van der Waals surface area contributed by atoms with E-state index in [-0.39, 0.29) is 25.2 Å². The number of aliphatic hydroxyl groups is 1. The lowest BCUT2D eigenvalue weighted by atomic mass is 10.0. The lowest BCUT2D eigenvalue weighted by Crippen LogP contribution is -2.28. The number of esters is 2. The average molecular weight is 972 g/mol. The Labute approximate surface area is 433 Å². The highest BCUT2D eigenvalue weighted by Crippen LogP contribution is 2.16. The highest BCUT2D eigenvalue weighted by Gasteiger charge is 2.16. The van der Waals surface area contributed by atoms with Crippen LogP contribution in [0.1, 0.15) is 271 Å². The molecule has 1 N–H and O–H groups in total. The topological polar surface area (TPSA) is 72.8 Å². The van der Waals surface area contributed by atoms with Gasteiger partial charge < -0.3 is 14.6 Å². The summed E-state index contributed by atoms with van der Waals surface area (Å²) in [4.78, 5) is 24.5. The predicted octanol–water partition coefficient (Wildman–Crippen LogP) is 20.1. The number of carbonyl (C=O) groups excluding carboxylic acids is 2. The molecular weight excluding hydrogens is 861 g/mol. The van der Waals surface area contributed by atoms with Crippen molar-refractivity contribution in [2.45, 2.75) is 277 Å². The van der Waals surface area contributed by atoms with Crippen molar-refractivity contribution in [3.63, 3.8) is 0 Å². The smallest absolute Gasteiger partial charge is 0.306 e. The van der Waals surface area contributed by atoms with Crippen molar-refractivity contribution in [1.29, 1.82) is 0 Å². The van der Waals surface area contributed by atoms with Crippen molar-refractivity contribution >= 4 is 11.9 Å². The Hall–Kier alpha value is -3.44. The number of aliphatic hydroxyl groups excluding tert-OH is 1. The number of carbonyl (C=O) groups is 2. The van der Waals surface area contributed by atoms with E-state index < -0.39 is 6.10 Å². The molecule has 0 heterocycles. The maximum absolute atomic E-state index is 12.3. The van der Waals surface area contributed by atoms with Gasteiger partial charge in [0.25, 0.3) is 0 Å². The Morgan fingerprint density at radius 3 is 0.929 bits per heavy atom. The second-order valence-corrected chi connectivity index (χ2v) is 19.3. The van der Waals surface area contributed by atoms with E-state index in [1.807, 2.05) is 0 Å². The first-order valence-electron chi connectivity index (χ1n) is 29.4. The quantitative estimate of drug-likeness (QED) is 0.0373. The molecule has 0 aliphatic rings. The van der Waals surface area contributed by atoms with Crippen LogP contribution in [-0.4, -0.2) is 36.4 Å². The molecule has 0 saturated carbocycles. The van der Waals surface area contributed by atoms with Crippen LogP contribution in [0.4, 0.5) is 0 Å². The molecule has 0 rings (SSSR count). The van der Waals surface area contributed by atoms with E-state index in [1.165, 1.54) is 141 Å². The fourth-order valence-corrected chi connectivity index (χ4v) is 8.20. The van der Waals surface area contributed by atoms with Gasteiger partial charge >= 0.3 is 11.9 Å². The zero-order valence-electron chi connectivity index (χ0n) is 45.7. The number of rotatable bonds is 53. The summed E-state index contributed by atoms with van der Waals surface area (Å²) < 4.78 is 10.7. The third-order valence-corrected chi connectivity index (χ3v) is 12.6. The van der Waals surface area contributed by atoms with Crippen molar-refractivity contribution in [3.8, 4) is 0 Å². The first-order chi connectivity index (χ1) is 34.6. The number of ether oxygens (including phenoxy) is 2. The largest absolute Gasteiger partial charge is 0.462 e. The molecule has 0 radical (unpaired) electrons. The second kappa shape index (κ2) is 59.9. The molecule has 0 spiro atoms. The molecule has 400 valence electrons. The molecule has 0 aliphatic carbocycles. The maximum Gasteiger partial charge on any atom is 0.306 e. The normalized spacial score (nSPS) is 13.0. The SMILES string of the molecule is CC/C=C\C/C=C\C/C=C\C/C=C\C/C=C\C/C=C\C/C=C\C/C=C\C/C=C\CCCCCCCCCCCC(=O)OC(CO)COC(=O)CCCCCCCCCCCCCCCCCCCCC. The van der Waals surface area contributed by atoms with Gasteiger partial charge in [-0.25, -0.2) is 0 Å². The Kier molecular flexibility index (Phi) is 56.9. The molecule has 0 aromatic carbocycles. The van der Waals surface area contributed by atoms with Crippen LogP contribution in [0, 0.1) is 0 Å². The number of unbranched alkanes of at least 4 members (excludes halogenated alkanes) is 27. The van der Waals surface area contributed by atoms with Gasteiger partial charge in [-0.15, -0.1) is 0 Å². The fourth-order valence-electron chi connectivity index (χ4n) is 8.20. The van der Waals surface area contributed by atoms with Crippen LogP contribution < -0.4 is 0 Å². The number of hydrogen-bond donors (Lipinski definition) is 1. The summed E-state index contributed by atoms with van der Waals surface area (Å²) in [7, 11) is 0. The first kappa shape index (κ1) is 66.6. The molecule has 5 nitrogen and oxygen atoms in total. The van der Waals surface area contributed by atoms with E-state index in [0.29, 0.717) is 12.8 Å². The minimum Gasteiger partial charge on any atom is -0.462 e. The zero-order valence-corrected chi connectivity index (χ0v) is 45.7. The molecule has 0 bridgehead atoms. The molecule has 0 aliphatic heterocycles. The molecule has 0 saturated heterocycles. The monoisotopic (exact) mass is 971 g/mol. The lowest BCUT2D eigenvalue weighted by molar-refractivity contribution is -0.161. The lowest BCUT2D eigenvalue weighted by Gasteiger charge is -2.15. The fraction of sp³-hybridized carbons (Fsp3) is 0.692. The highest BCUT2D eigenvalue weighted by atomic mass is 16.6. The van der Waals surface area contributed by atoms with Crippen molar-refractivity contribution in [3.05, 3.63) is 109 Å². The first-order valence-corrected chi connectivity index (χ1v) is 29.4. The van der Waals surface area contributed by atoms with E-state index in [2.05, 4.69) is 123 Å². The van der Waals surface area contributed by atoms with Gasteiger partial charge in [0.2, 0.25) is 0 Å². The van der Waals surface area contributed by atoms with Gasteiger partial charge in [-0.1, -0.05) is 284 Å². The Morgan fingerprint density at radius 2 is 0.614 bits per heavy atom. The van der Waals surface area contributed by atoms with Crippen molar-refractivity contribution in [2.24, 2.45) is 0 Å². The van der Waals surface area contributed by atoms with Crippen LogP contribution in [0.3, 0.4) is 0 Å². The summed E-state index contributed by atoms with van der Waals surface area (Å²) in [5.74, 6) is -0.593. The summed E-state index contributed by atoms with van der Waals surface area (Å²) in [5.41, 5.74) is 0. The standard InChI is InChI=1S/C65H110O5/c1-3-5-7-9-11-13-15-17-19-21-23-24-25-26-27-28-29-30-31-32-33-34-35-36-37-38-39-40-42-44-46-48-50-52-54-56-58-60-65(68)70-63(61-66)62-69-64(67)59-57-55-53-51-49-47-45-43-41-22-20-18-16-14-12-10-8-6-4-2/h5,7,11,13,17,19,23-24,26-27,29-30,32-33,35-36,38-39,63,66H,3-4,6,8-10,12,14-16,18,20-22,25,28,31,34,37,40-62H2,1-2H3/b7-5-,13-11-,19-17-,24-23-,27-26-,30-29-,33-32-,36-35-,39-38-. The molecule has 1 atom stereocenters. The number of allylic oxidation sites excluding steroid dienone is 18. The number of hydrogen-bond acceptors (Lipinski definition) is 5. The van der Waals surface area contributed by atoms with Crippen LogP contribution >= 0.6 is 0 Å². The van der Waals surface area contributed by atoms with Gasteiger partial charge in [0.05, 0.1) is 6.61 Å². The second-order valence-electron chi connectivity index (χ2n) is 19.3. The molecule has 0 aromatic rings. The highest BCUT2D eigenvalue weighted by molar-refractivity contribution is 5.70. The maximum atomic E-state index is 12.3. The van der Waals surface area contributed by atoms with Gasteiger partial charge in [0, 0.05) is 12.8 Å². The van der Waals surface area contributed by atoms with Crippen LogP contribution in [0.25, 0.3) is 0 Å². The van der Waals surface area contributed by atoms with Crippen molar-refractivity contribution in [1.82, 2.24) is 0 Å². The summed E-state index contributed by atoms with van der Waals surface area (Å²) in [6.45, 7) is 4.04. The van der Waals surface area contributed by atoms with Gasteiger partial charge in [-0.2, -0.15) is 0 Å². The summed E-state index contributed by atoms with van der Waals surface area (Å²) in [6, 6.07) is 0. The van der Waals surface area contributed by atoms with Crippen LogP contribution in [-0.2, 0) is 19.1 Å². The van der Waals surface area contributed by atoms with Crippen molar-refractivity contribution in [2.75, 3.05) is 13.2 Å². The van der Waals surface area contributed by atoms with Gasteiger partial charge in [0.15, 0.2) is 6.10 Å². The zero-order chi connectivity index (χ0) is 50.6. The average Bonchev–Trinajstić information content (AvgIpc) is 3.36. The van der Waals surface area contributed by atoms with E-state index >= 15 is 0 Å². The van der Waals surface area contributed by atoms with Gasteiger partial charge in [-0.3, -0.25) is 9.59 Å². The molecule has 0 amide bonds. The Bertz CT molecular complexity index is 1380. The predicted molar refractivity (Wildman–Crippen MR) is 306 cm³/mol. The Balaban J connectivity index is 3.56. The minimum absolute atomic E-state index is 0.0699. The van der Waals surface area contributed by atoms with Crippen LogP contribution in [0.5, 0.6) is 0 Å². The summed E-state index contributed by atoms with van der Waals surface area (Å²) in [5, 5.41) is 9.65. The molecular formula is C65H110O5. The van der Waals surface area contributed by atoms with E-state index in [1.54, 1.807) is 0 Å². The van der Waals surface area contributed by atoms with Crippen LogP contribution in [0.15, 0.2) is 109 Å².